The first-order chi connectivity index (χ1) is 7.17. The minimum Gasteiger partial charge on any atom is -0.350 e. The third-order valence-corrected chi connectivity index (χ3v) is 1.66. The zero-order chi connectivity index (χ0) is 12.3. The van der Waals surface area contributed by atoms with E-state index in [0.29, 0.717) is 13.0 Å². The SMILES string of the molecule is C#CC(CCC)C(=O)C(=O)NCC.CC. The van der Waals surface area contributed by atoms with E-state index < -0.39 is 17.6 Å². The van der Waals surface area contributed by atoms with E-state index in [-0.39, 0.29) is 0 Å². The van der Waals surface area contributed by atoms with Crippen LogP contribution in [0.3, 0.4) is 0 Å². The Hall–Kier alpha value is -1.30. The van der Waals surface area contributed by atoms with Gasteiger partial charge in [-0.2, -0.15) is 0 Å². The van der Waals surface area contributed by atoms with Crippen LogP contribution in [0.15, 0.2) is 0 Å². The van der Waals surface area contributed by atoms with E-state index in [1.54, 1.807) is 6.92 Å². The zero-order valence-corrected chi connectivity index (χ0v) is 10.1. The van der Waals surface area contributed by atoms with Crippen LogP contribution in [-0.4, -0.2) is 18.2 Å². The predicted molar refractivity (Wildman–Crippen MR) is 62.3 cm³/mol. The van der Waals surface area contributed by atoms with Crippen LogP contribution >= 0.6 is 0 Å². The van der Waals surface area contributed by atoms with Gasteiger partial charge in [-0.15, -0.1) is 6.42 Å². The number of hydrogen-bond acceptors (Lipinski definition) is 2. The fourth-order valence-electron chi connectivity index (χ4n) is 0.985. The number of hydrogen-bond donors (Lipinski definition) is 1. The van der Waals surface area contributed by atoms with E-state index >= 15 is 0 Å². The highest BCUT2D eigenvalue weighted by molar-refractivity contribution is 6.37. The van der Waals surface area contributed by atoms with Crippen LogP contribution in [-0.2, 0) is 9.59 Å². The van der Waals surface area contributed by atoms with Gasteiger partial charge in [-0.3, -0.25) is 9.59 Å². The van der Waals surface area contributed by atoms with Crippen molar-refractivity contribution in [2.45, 2.75) is 40.5 Å². The second-order valence-corrected chi connectivity index (χ2v) is 2.73. The molecule has 0 aromatic carbocycles. The van der Waals surface area contributed by atoms with Crippen LogP contribution in [0.2, 0.25) is 0 Å². The number of nitrogens with one attached hydrogen (secondary N) is 1. The lowest BCUT2D eigenvalue weighted by molar-refractivity contribution is -0.139. The molecule has 3 heteroatoms. The summed E-state index contributed by atoms with van der Waals surface area (Å²) in [5.74, 6) is 0.708. The van der Waals surface area contributed by atoms with Crippen LogP contribution < -0.4 is 5.32 Å². The zero-order valence-electron chi connectivity index (χ0n) is 10.1. The van der Waals surface area contributed by atoms with E-state index in [4.69, 9.17) is 6.42 Å². The predicted octanol–water partition coefficient (Wildman–Crippen LogP) is 1.77. The van der Waals surface area contributed by atoms with E-state index in [1.807, 2.05) is 20.8 Å². The van der Waals surface area contributed by atoms with Crippen molar-refractivity contribution in [2.75, 3.05) is 6.54 Å². The average molecular weight is 211 g/mol. The molecule has 0 aromatic rings. The van der Waals surface area contributed by atoms with Crippen LogP contribution in [0.4, 0.5) is 0 Å². The summed E-state index contributed by atoms with van der Waals surface area (Å²) in [4.78, 5) is 22.4. The molecule has 0 aliphatic heterocycles. The number of Topliss-reactive ketones (excluding diaryl/α,β-unsaturated/α-hetero) is 1. The smallest absolute Gasteiger partial charge is 0.288 e. The van der Waals surface area contributed by atoms with Gasteiger partial charge in [0.05, 0.1) is 5.92 Å². The van der Waals surface area contributed by atoms with Crippen LogP contribution in [0.1, 0.15) is 40.5 Å². The summed E-state index contributed by atoms with van der Waals surface area (Å²) >= 11 is 0. The monoisotopic (exact) mass is 211 g/mol. The quantitative estimate of drug-likeness (QED) is 0.556. The van der Waals surface area contributed by atoms with Crippen molar-refractivity contribution < 1.29 is 9.59 Å². The Bertz CT molecular complexity index is 228. The fourth-order valence-corrected chi connectivity index (χ4v) is 0.985. The molecule has 0 radical (unpaired) electrons. The number of carbonyl (C=O) groups is 2. The first kappa shape index (κ1) is 16.1. The summed E-state index contributed by atoms with van der Waals surface area (Å²) in [7, 11) is 0. The van der Waals surface area contributed by atoms with Gasteiger partial charge in [0.15, 0.2) is 0 Å². The highest BCUT2D eigenvalue weighted by atomic mass is 16.2. The van der Waals surface area contributed by atoms with E-state index in [2.05, 4.69) is 11.2 Å². The summed E-state index contributed by atoms with van der Waals surface area (Å²) in [6.45, 7) is 8.14. The van der Waals surface area contributed by atoms with Gasteiger partial charge in [-0.1, -0.05) is 33.1 Å². The molecular weight excluding hydrogens is 190 g/mol. The molecule has 0 aliphatic rings. The Labute approximate surface area is 92.6 Å². The average Bonchev–Trinajstić information content (AvgIpc) is 2.28. The maximum Gasteiger partial charge on any atom is 0.288 e. The van der Waals surface area contributed by atoms with Crippen molar-refractivity contribution in [3.05, 3.63) is 0 Å². The molecule has 1 unspecified atom stereocenters. The van der Waals surface area contributed by atoms with Gasteiger partial charge < -0.3 is 5.32 Å². The van der Waals surface area contributed by atoms with E-state index in [0.717, 1.165) is 6.42 Å². The third kappa shape index (κ3) is 6.73. The maximum absolute atomic E-state index is 11.3. The Balaban J connectivity index is 0. The molecule has 0 heterocycles. The van der Waals surface area contributed by atoms with Gasteiger partial charge in [-0.25, -0.2) is 0 Å². The summed E-state index contributed by atoms with van der Waals surface area (Å²) in [5.41, 5.74) is 0. The lowest BCUT2D eigenvalue weighted by Crippen LogP contribution is -2.34. The molecular formula is C12H21NO2. The van der Waals surface area contributed by atoms with Crippen LogP contribution in [0.25, 0.3) is 0 Å². The van der Waals surface area contributed by atoms with Crippen LogP contribution in [0.5, 0.6) is 0 Å². The first-order valence-electron chi connectivity index (χ1n) is 5.45. The molecule has 1 atom stereocenters. The summed E-state index contributed by atoms with van der Waals surface area (Å²) in [6.07, 6.45) is 6.52. The minimum absolute atomic E-state index is 0.452. The molecule has 0 saturated heterocycles. The summed E-state index contributed by atoms with van der Waals surface area (Å²) < 4.78 is 0. The second kappa shape index (κ2) is 10.8. The molecule has 0 aromatic heterocycles. The Kier molecular flexibility index (Phi) is 11.6. The highest BCUT2D eigenvalue weighted by Gasteiger charge is 2.21. The molecule has 1 N–H and O–H groups in total. The van der Waals surface area contributed by atoms with Gasteiger partial charge in [-0.05, 0) is 13.3 Å². The standard InChI is InChI=1S/C10H15NO2.C2H6/c1-4-7-8(5-2)9(12)10(13)11-6-3;1-2/h2,8H,4,6-7H2,1,3H3,(H,11,13);1-2H3. The van der Waals surface area contributed by atoms with Crippen molar-refractivity contribution in [1.82, 2.24) is 5.32 Å². The molecule has 0 rings (SSSR count). The van der Waals surface area contributed by atoms with Crippen molar-refractivity contribution in [3.8, 4) is 12.3 Å². The number of ketones is 1. The molecule has 1 amide bonds. The molecule has 0 spiro atoms. The van der Waals surface area contributed by atoms with Crippen molar-refractivity contribution in [3.63, 3.8) is 0 Å². The highest BCUT2D eigenvalue weighted by Crippen LogP contribution is 2.05. The molecule has 15 heavy (non-hydrogen) atoms. The van der Waals surface area contributed by atoms with Crippen molar-refractivity contribution in [1.29, 1.82) is 0 Å². The molecule has 3 nitrogen and oxygen atoms in total. The van der Waals surface area contributed by atoms with Crippen molar-refractivity contribution >= 4 is 11.7 Å². The molecule has 86 valence electrons. The largest absolute Gasteiger partial charge is 0.350 e. The fraction of sp³-hybridized carbons (Fsp3) is 0.667. The van der Waals surface area contributed by atoms with Gasteiger partial charge in [0.2, 0.25) is 5.78 Å². The maximum atomic E-state index is 11.3. The normalized spacial score (nSPS) is 10.3. The van der Waals surface area contributed by atoms with Gasteiger partial charge >= 0.3 is 0 Å². The molecule has 0 bridgehead atoms. The third-order valence-electron chi connectivity index (χ3n) is 1.66. The number of amides is 1. The minimum atomic E-state index is -0.570. The Morgan fingerprint density at radius 2 is 1.87 bits per heavy atom. The molecule has 0 fully saturated rings. The number of carbonyl (C=O) groups excluding carboxylic acids is 2. The number of likely N-dealkylation sites (N-methyl/N-ethyl adjacent to an activating group) is 1. The second-order valence-electron chi connectivity index (χ2n) is 2.73. The molecule has 0 saturated carbocycles. The lowest BCUT2D eigenvalue weighted by Gasteiger charge is -2.06. The van der Waals surface area contributed by atoms with Crippen molar-refractivity contribution in [2.24, 2.45) is 5.92 Å². The van der Waals surface area contributed by atoms with E-state index in [9.17, 15) is 9.59 Å². The number of terminal acetylenes is 1. The van der Waals surface area contributed by atoms with E-state index in [1.165, 1.54) is 0 Å². The topological polar surface area (TPSA) is 46.2 Å². The van der Waals surface area contributed by atoms with Gasteiger partial charge in [0.1, 0.15) is 0 Å². The number of rotatable bonds is 5. The van der Waals surface area contributed by atoms with Crippen LogP contribution in [0, 0.1) is 18.3 Å². The van der Waals surface area contributed by atoms with Gasteiger partial charge in [0, 0.05) is 6.54 Å². The van der Waals surface area contributed by atoms with Gasteiger partial charge in [0.25, 0.3) is 5.91 Å². The summed E-state index contributed by atoms with van der Waals surface area (Å²) in [6, 6.07) is 0. The molecule has 0 aliphatic carbocycles. The first-order valence-corrected chi connectivity index (χ1v) is 5.45. The Morgan fingerprint density at radius 1 is 1.33 bits per heavy atom. The summed E-state index contributed by atoms with van der Waals surface area (Å²) in [5, 5.41) is 2.43. The Morgan fingerprint density at radius 3 is 2.20 bits per heavy atom. The lowest BCUT2D eigenvalue weighted by atomic mass is 9.99.